The number of aromatic nitrogens is 2. The standard InChI is InChI=1S/C29H29N3O9/c1-2-29(41-24(34)8-5-11-39-23(33)10-9-20(30)27(36)37)19-13-22-25-17(12-16-6-3-4-7-21(16)31-25)14-32(22)26(35)18(19)15-40-28(29)38/h3-4,6-7,12-13,20H,2,5,8-11,14-15,30H2,1H3,(H,36,37)/t20-,29-/m0/s1. The maximum Gasteiger partial charge on any atom is 0.355 e. The van der Waals surface area contributed by atoms with Gasteiger partial charge in [-0.1, -0.05) is 25.1 Å². The van der Waals surface area contributed by atoms with Crippen molar-refractivity contribution in [2.24, 2.45) is 5.73 Å². The van der Waals surface area contributed by atoms with Gasteiger partial charge in [-0.3, -0.25) is 19.2 Å². The molecule has 12 nitrogen and oxygen atoms in total. The summed E-state index contributed by atoms with van der Waals surface area (Å²) in [5, 5.41) is 9.73. The lowest BCUT2D eigenvalue weighted by molar-refractivity contribution is -0.189. The zero-order chi connectivity index (χ0) is 29.3. The Bertz CT molecular complexity index is 1630. The van der Waals surface area contributed by atoms with E-state index in [1.807, 2.05) is 30.3 Å². The fourth-order valence-corrected chi connectivity index (χ4v) is 5.20. The fourth-order valence-electron chi connectivity index (χ4n) is 5.20. The highest BCUT2D eigenvalue weighted by Gasteiger charge is 2.50. The molecule has 0 fully saturated rings. The zero-order valence-corrected chi connectivity index (χ0v) is 22.4. The molecule has 2 atom stereocenters. The van der Waals surface area contributed by atoms with Gasteiger partial charge in [0.2, 0.25) is 5.60 Å². The van der Waals surface area contributed by atoms with Crippen LogP contribution in [0.1, 0.15) is 55.7 Å². The molecule has 1 aromatic carbocycles. The molecule has 41 heavy (non-hydrogen) atoms. The largest absolute Gasteiger partial charge is 0.480 e. The third-order valence-electron chi connectivity index (χ3n) is 7.44. The van der Waals surface area contributed by atoms with Gasteiger partial charge < -0.3 is 29.6 Å². The molecule has 3 aromatic rings. The van der Waals surface area contributed by atoms with Crippen LogP contribution in [0.25, 0.3) is 22.3 Å². The van der Waals surface area contributed by atoms with E-state index in [4.69, 9.17) is 30.0 Å². The molecule has 4 heterocycles. The predicted molar refractivity (Wildman–Crippen MR) is 143 cm³/mol. The molecule has 2 aliphatic heterocycles. The molecular formula is C29H29N3O9. The molecule has 0 bridgehead atoms. The van der Waals surface area contributed by atoms with E-state index in [2.05, 4.69) is 0 Å². The second-order valence-corrected chi connectivity index (χ2v) is 10.0. The molecule has 2 aromatic heterocycles. The molecule has 5 rings (SSSR count). The van der Waals surface area contributed by atoms with Crippen LogP contribution in [0.3, 0.4) is 0 Å². The Morgan fingerprint density at radius 3 is 2.71 bits per heavy atom. The minimum Gasteiger partial charge on any atom is -0.480 e. The van der Waals surface area contributed by atoms with Crippen molar-refractivity contribution in [3.8, 4) is 11.4 Å². The quantitative estimate of drug-likeness (QED) is 0.164. The number of cyclic esters (lactones) is 1. The average molecular weight is 564 g/mol. The van der Waals surface area contributed by atoms with Crippen molar-refractivity contribution in [3.05, 3.63) is 63.4 Å². The lowest BCUT2D eigenvalue weighted by atomic mass is 9.85. The van der Waals surface area contributed by atoms with Crippen molar-refractivity contribution in [1.29, 1.82) is 0 Å². The van der Waals surface area contributed by atoms with Gasteiger partial charge in [0.1, 0.15) is 12.6 Å². The van der Waals surface area contributed by atoms with E-state index >= 15 is 0 Å². The van der Waals surface area contributed by atoms with E-state index in [0.29, 0.717) is 17.9 Å². The number of carbonyl (C=O) groups is 4. The summed E-state index contributed by atoms with van der Waals surface area (Å²) in [6.07, 6.45) is -0.283. The lowest BCUT2D eigenvalue weighted by Crippen LogP contribution is -2.47. The van der Waals surface area contributed by atoms with Gasteiger partial charge in [-0.2, -0.15) is 0 Å². The molecule has 3 N–H and O–H groups in total. The van der Waals surface area contributed by atoms with Gasteiger partial charge in [0.15, 0.2) is 0 Å². The molecule has 214 valence electrons. The summed E-state index contributed by atoms with van der Waals surface area (Å²) in [5.41, 5.74) is 6.55. The molecule has 2 aliphatic rings. The van der Waals surface area contributed by atoms with Crippen molar-refractivity contribution in [2.45, 2.75) is 63.8 Å². The van der Waals surface area contributed by atoms with Crippen LogP contribution in [0, 0.1) is 0 Å². The van der Waals surface area contributed by atoms with Crippen molar-refractivity contribution >= 4 is 34.8 Å². The Balaban J connectivity index is 1.34. The third kappa shape index (κ3) is 5.18. The number of ether oxygens (including phenoxy) is 3. The third-order valence-corrected chi connectivity index (χ3v) is 7.44. The zero-order valence-electron chi connectivity index (χ0n) is 22.4. The predicted octanol–water partition coefficient (Wildman–Crippen LogP) is 2.15. The molecular weight excluding hydrogens is 534 g/mol. The van der Waals surface area contributed by atoms with Crippen LogP contribution in [0.15, 0.2) is 41.2 Å². The molecule has 0 radical (unpaired) electrons. The minimum atomic E-state index is -1.82. The van der Waals surface area contributed by atoms with Gasteiger partial charge in [-0.05, 0) is 37.5 Å². The Hall–Kier alpha value is -4.58. The topological polar surface area (TPSA) is 177 Å². The number of carboxylic acids is 1. The van der Waals surface area contributed by atoms with E-state index in [-0.39, 0.29) is 62.0 Å². The van der Waals surface area contributed by atoms with Crippen LogP contribution in [-0.2, 0) is 52.1 Å². The maximum absolute atomic E-state index is 13.6. The number of esters is 3. The number of carboxylic acid groups (broad SMARTS) is 1. The molecule has 0 saturated carbocycles. The van der Waals surface area contributed by atoms with Gasteiger partial charge in [0.25, 0.3) is 5.56 Å². The van der Waals surface area contributed by atoms with Crippen LogP contribution >= 0.6 is 0 Å². The van der Waals surface area contributed by atoms with Gasteiger partial charge in [0, 0.05) is 29.4 Å². The number of fused-ring (bicyclic) bond motifs is 5. The number of pyridine rings is 2. The molecule has 0 spiro atoms. The van der Waals surface area contributed by atoms with Crippen molar-refractivity contribution in [3.63, 3.8) is 0 Å². The second-order valence-electron chi connectivity index (χ2n) is 10.0. The first-order valence-corrected chi connectivity index (χ1v) is 13.3. The SMILES string of the molecule is CC[C@@]1(OC(=O)CCCOC(=O)CC[C@H](N)C(=O)O)C(=O)OCc2c1cc1n(c2=O)Cc2cc3ccccc3nc2-1. The first-order chi connectivity index (χ1) is 19.6. The average Bonchev–Trinajstić information content (AvgIpc) is 3.32. The first kappa shape index (κ1) is 28.0. The summed E-state index contributed by atoms with van der Waals surface area (Å²) >= 11 is 0. The van der Waals surface area contributed by atoms with Gasteiger partial charge in [-0.25, -0.2) is 9.78 Å². The molecule has 0 amide bonds. The summed E-state index contributed by atoms with van der Waals surface area (Å²) in [7, 11) is 0. The van der Waals surface area contributed by atoms with Gasteiger partial charge >= 0.3 is 23.9 Å². The normalized spacial score (nSPS) is 17.7. The van der Waals surface area contributed by atoms with Crippen LogP contribution < -0.4 is 11.3 Å². The fraction of sp³-hybridized carbons (Fsp3) is 0.379. The van der Waals surface area contributed by atoms with E-state index in [1.165, 1.54) is 0 Å². The maximum atomic E-state index is 13.6. The van der Waals surface area contributed by atoms with E-state index in [0.717, 1.165) is 16.5 Å². The number of carbonyl (C=O) groups excluding carboxylic acids is 3. The molecule has 0 unspecified atom stereocenters. The second kappa shape index (κ2) is 11.1. The Labute approximate surface area is 234 Å². The highest BCUT2D eigenvalue weighted by atomic mass is 16.6. The van der Waals surface area contributed by atoms with E-state index in [9.17, 15) is 24.0 Å². The summed E-state index contributed by atoms with van der Waals surface area (Å²) in [4.78, 5) is 66.9. The van der Waals surface area contributed by atoms with Crippen LogP contribution in [0.5, 0.6) is 0 Å². The highest BCUT2D eigenvalue weighted by molar-refractivity contribution is 5.88. The van der Waals surface area contributed by atoms with Crippen LogP contribution in [0.4, 0.5) is 0 Å². The summed E-state index contributed by atoms with van der Waals surface area (Å²) < 4.78 is 17.7. The monoisotopic (exact) mass is 563 g/mol. The first-order valence-electron chi connectivity index (χ1n) is 13.3. The van der Waals surface area contributed by atoms with Gasteiger partial charge in [-0.15, -0.1) is 0 Å². The number of nitrogens with zero attached hydrogens (tertiary/aromatic N) is 2. The van der Waals surface area contributed by atoms with E-state index < -0.39 is 35.5 Å². The Morgan fingerprint density at radius 2 is 1.95 bits per heavy atom. The van der Waals surface area contributed by atoms with E-state index in [1.54, 1.807) is 17.6 Å². The Morgan fingerprint density at radius 1 is 1.17 bits per heavy atom. The lowest BCUT2D eigenvalue weighted by Gasteiger charge is -2.35. The molecule has 12 heteroatoms. The number of nitrogens with two attached hydrogens (primary N) is 1. The van der Waals surface area contributed by atoms with Gasteiger partial charge in [0.05, 0.1) is 35.6 Å². The number of rotatable bonds is 10. The number of benzene rings is 1. The van der Waals surface area contributed by atoms with Crippen molar-refractivity contribution in [1.82, 2.24) is 9.55 Å². The van der Waals surface area contributed by atoms with Crippen LogP contribution in [0.2, 0.25) is 0 Å². The summed E-state index contributed by atoms with van der Waals surface area (Å²) in [5.74, 6) is -3.35. The molecule has 0 aliphatic carbocycles. The summed E-state index contributed by atoms with van der Waals surface area (Å²) in [6.45, 7) is 1.64. The highest BCUT2D eigenvalue weighted by Crippen LogP contribution is 2.41. The smallest absolute Gasteiger partial charge is 0.355 e. The van der Waals surface area contributed by atoms with Crippen molar-refractivity contribution in [2.75, 3.05) is 6.61 Å². The van der Waals surface area contributed by atoms with Crippen molar-refractivity contribution < 1.29 is 38.5 Å². The summed E-state index contributed by atoms with van der Waals surface area (Å²) in [6, 6.07) is 10.1. The number of hydrogen-bond acceptors (Lipinski definition) is 10. The number of hydrogen-bond donors (Lipinski definition) is 2. The number of aliphatic carboxylic acids is 1. The minimum absolute atomic E-state index is 0.0320. The molecule has 0 saturated heterocycles. The Kier molecular flexibility index (Phi) is 7.59. The number of para-hydroxylation sites is 1. The van der Waals surface area contributed by atoms with Crippen LogP contribution in [-0.4, -0.2) is 51.2 Å².